The first kappa shape index (κ1) is 11.9. The highest BCUT2D eigenvalue weighted by Gasteiger charge is 2.21. The number of hydrogen-bond donors (Lipinski definition) is 0. The lowest BCUT2D eigenvalue weighted by Gasteiger charge is -2.23. The number of likely N-dealkylation sites (tertiary alicyclic amines) is 1. The summed E-state index contributed by atoms with van der Waals surface area (Å²) in [7, 11) is 1.67. The van der Waals surface area contributed by atoms with Gasteiger partial charge in [0.05, 0.1) is 0 Å². The zero-order chi connectivity index (χ0) is 12.1. The Bertz CT molecular complexity index is 361. The highest BCUT2D eigenvalue weighted by molar-refractivity contribution is 5.73. The number of carbonyl (C=O) groups is 1. The van der Waals surface area contributed by atoms with E-state index >= 15 is 0 Å². The van der Waals surface area contributed by atoms with E-state index in [0.29, 0.717) is 6.61 Å². The molecule has 0 atom stereocenters. The van der Waals surface area contributed by atoms with E-state index in [-0.39, 0.29) is 6.03 Å². The summed E-state index contributed by atoms with van der Waals surface area (Å²) >= 11 is 0. The van der Waals surface area contributed by atoms with E-state index in [4.69, 9.17) is 4.84 Å². The summed E-state index contributed by atoms with van der Waals surface area (Å²) in [6.45, 7) is 2.12. The van der Waals surface area contributed by atoms with Crippen LogP contribution in [0.1, 0.15) is 18.4 Å². The number of urea groups is 1. The van der Waals surface area contributed by atoms with Gasteiger partial charge in [-0.2, -0.15) is 0 Å². The maximum atomic E-state index is 11.9. The van der Waals surface area contributed by atoms with Crippen molar-refractivity contribution in [3.8, 4) is 0 Å². The molecule has 1 fully saturated rings. The lowest BCUT2D eigenvalue weighted by atomic mass is 10.2. The first-order valence-electron chi connectivity index (χ1n) is 5.97. The van der Waals surface area contributed by atoms with Gasteiger partial charge in [-0.25, -0.2) is 9.86 Å². The number of hydroxylamine groups is 2. The van der Waals surface area contributed by atoms with Gasteiger partial charge in [0.15, 0.2) is 0 Å². The molecule has 2 rings (SSSR count). The summed E-state index contributed by atoms with van der Waals surface area (Å²) < 4.78 is 0. The average molecular weight is 234 g/mol. The minimum absolute atomic E-state index is 0.0431. The Balaban J connectivity index is 1.80. The van der Waals surface area contributed by atoms with Crippen LogP contribution in [0, 0.1) is 0 Å². The van der Waals surface area contributed by atoms with E-state index in [2.05, 4.69) is 0 Å². The maximum absolute atomic E-state index is 11.9. The highest BCUT2D eigenvalue weighted by Crippen LogP contribution is 2.11. The van der Waals surface area contributed by atoms with Crippen LogP contribution in [0.15, 0.2) is 30.3 Å². The molecular weight excluding hydrogens is 216 g/mol. The van der Waals surface area contributed by atoms with Crippen LogP contribution < -0.4 is 0 Å². The molecule has 0 aliphatic carbocycles. The van der Waals surface area contributed by atoms with Gasteiger partial charge in [0.1, 0.15) is 6.61 Å². The second kappa shape index (κ2) is 5.68. The SMILES string of the molecule is CN(OCc1ccccc1)C(=O)N1CCCC1. The monoisotopic (exact) mass is 234 g/mol. The molecule has 17 heavy (non-hydrogen) atoms. The standard InChI is InChI=1S/C13H18N2O2/c1-14(13(16)15-9-5-6-10-15)17-11-12-7-3-2-4-8-12/h2-4,7-8H,5-6,9-11H2,1H3. The molecule has 0 bridgehead atoms. The van der Waals surface area contributed by atoms with Crippen molar-refractivity contribution in [2.75, 3.05) is 20.1 Å². The molecule has 1 aliphatic heterocycles. The van der Waals surface area contributed by atoms with Crippen molar-refractivity contribution >= 4 is 6.03 Å². The van der Waals surface area contributed by atoms with E-state index in [9.17, 15) is 4.79 Å². The fraction of sp³-hybridized carbons (Fsp3) is 0.462. The third-order valence-corrected chi connectivity index (χ3v) is 2.91. The molecule has 0 saturated carbocycles. The lowest BCUT2D eigenvalue weighted by Crippen LogP contribution is -2.39. The topological polar surface area (TPSA) is 32.8 Å². The van der Waals surface area contributed by atoms with E-state index in [0.717, 1.165) is 31.5 Å². The van der Waals surface area contributed by atoms with Crippen LogP contribution in [-0.4, -0.2) is 36.1 Å². The van der Waals surface area contributed by atoms with Gasteiger partial charge in [0.2, 0.25) is 0 Å². The third-order valence-electron chi connectivity index (χ3n) is 2.91. The van der Waals surface area contributed by atoms with Gasteiger partial charge in [-0.05, 0) is 18.4 Å². The van der Waals surface area contributed by atoms with Crippen molar-refractivity contribution in [2.45, 2.75) is 19.4 Å². The van der Waals surface area contributed by atoms with Crippen LogP contribution in [-0.2, 0) is 11.4 Å². The second-order valence-electron chi connectivity index (χ2n) is 4.23. The fourth-order valence-electron chi connectivity index (χ4n) is 1.91. The first-order chi connectivity index (χ1) is 8.27. The molecule has 1 saturated heterocycles. The zero-order valence-corrected chi connectivity index (χ0v) is 10.1. The summed E-state index contributed by atoms with van der Waals surface area (Å²) in [4.78, 5) is 19.2. The molecule has 1 aromatic rings. The summed E-state index contributed by atoms with van der Waals surface area (Å²) in [5, 5.41) is 1.33. The van der Waals surface area contributed by atoms with E-state index < -0.39 is 0 Å². The van der Waals surface area contributed by atoms with Crippen LogP contribution in [0.25, 0.3) is 0 Å². The van der Waals surface area contributed by atoms with Gasteiger partial charge in [-0.1, -0.05) is 30.3 Å². The van der Waals surface area contributed by atoms with Crippen molar-refractivity contribution in [3.05, 3.63) is 35.9 Å². The van der Waals surface area contributed by atoms with E-state index in [1.54, 1.807) is 7.05 Å². The Morgan fingerprint density at radius 1 is 1.29 bits per heavy atom. The molecule has 0 radical (unpaired) electrons. The Labute approximate surface area is 102 Å². The van der Waals surface area contributed by atoms with Crippen molar-refractivity contribution in [3.63, 3.8) is 0 Å². The number of rotatable bonds is 3. The van der Waals surface area contributed by atoms with E-state index in [1.807, 2.05) is 35.2 Å². The van der Waals surface area contributed by atoms with Crippen molar-refractivity contribution in [2.24, 2.45) is 0 Å². The Morgan fingerprint density at radius 3 is 2.59 bits per heavy atom. The number of benzene rings is 1. The minimum atomic E-state index is -0.0431. The predicted octanol–water partition coefficient (Wildman–Crippen LogP) is 2.27. The second-order valence-corrected chi connectivity index (χ2v) is 4.23. The Kier molecular flexibility index (Phi) is 3.98. The Hall–Kier alpha value is -1.55. The van der Waals surface area contributed by atoms with Crippen molar-refractivity contribution < 1.29 is 9.63 Å². The van der Waals surface area contributed by atoms with Crippen LogP contribution in [0.3, 0.4) is 0 Å². The highest BCUT2D eigenvalue weighted by atomic mass is 16.7. The summed E-state index contributed by atoms with van der Waals surface area (Å²) in [5.74, 6) is 0. The largest absolute Gasteiger partial charge is 0.343 e. The number of carbonyl (C=O) groups excluding carboxylic acids is 1. The lowest BCUT2D eigenvalue weighted by molar-refractivity contribution is -0.117. The summed E-state index contributed by atoms with van der Waals surface area (Å²) in [6.07, 6.45) is 2.19. The quantitative estimate of drug-likeness (QED) is 0.751. The van der Waals surface area contributed by atoms with Crippen LogP contribution in [0.2, 0.25) is 0 Å². The van der Waals surface area contributed by atoms with Crippen molar-refractivity contribution in [1.29, 1.82) is 0 Å². The number of amides is 2. The van der Waals surface area contributed by atoms with E-state index in [1.165, 1.54) is 5.06 Å². The normalized spacial score (nSPS) is 15.0. The molecule has 4 heteroatoms. The molecule has 4 nitrogen and oxygen atoms in total. The fourth-order valence-corrected chi connectivity index (χ4v) is 1.91. The molecule has 1 aromatic carbocycles. The number of nitrogens with zero attached hydrogens (tertiary/aromatic N) is 2. The molecule has 1 aliphatic rings. The molecular formula is C13H18N2O2. The van der Waals surface area contributed by atoms with Gasteiger partial charge in [-0.15, -0.1) is 0 Å². The zero-order valence-electron chi connectivity index (χ0n) is 10.1. The maximum Gasteiger partial charge on any atom is 0.343 e. The van der Waals surface area contributed by atoms with Gasteiger partial charge < -0.3 is 4.90 Å². The van der Waals surface area contributed by atoms with Gasteiger partial charge in [-0.3, -0.25) is 4.84 Å². The predicted molar refractivity (Wildman–Crippen MR) is 65.2 cm³/mol. The van der Waals surface area contributed by atoms with Gasteiger partial charge in [0, 0.05) is 20.1 Å². The molecule has 0 spiro atoms. The van der Waals surface area contributed by atoms with Crippen molar-refractivity contribution in [1.82, 2.24) is 9.96 Å². The molecule has 0 N–H and O–H groups in total. The number of hydrogen-bond acceptors (Lipinski definition) is 2. The van der Waals surface area contributed by atoms with Crippen LogP contribution in [0.4, 0.5) is 4.79 Å². The smallest absolute Gasteiger partial charge is 0.323 e. The third kappa shape index (κ3) is 3.20. The average Bonchev–Trinajstić information content (AvgIpc) is 2.90. The molecule has 0 unspecified atom stereocenters. The molecule has 0 aromatic heterocycles. The van der Waals surface area contributed by atoms with Gasteiger partial charge in [0.25, 0.3) is 0 Å². The summed E-state index contributed by atoms with van der Waals surface area (Å²) in [5.41, 5.74) is 1.06. The minimum Gasteiger partial charge on any atom is -0.323 e. The van der Waals surface area contributed by atoms with Crippen LogP contribution >= 0.6 is 0 Å². The first-order valence-corrected chi connectivity index (χ1v) is 5.97. The Morgan fingerprint density at radius 2 is 1.94 bits per heavy atom. The summed E-state index contributed by atoms with van der Waals surface area (Å²) in [6, 6.07) is 9.80. The molecule has 92 valence electrons. The van der Waals surface area contributed by atoms with Crippen LogP contribution in [0.5, 0.6) is 0 Å². The molecule has 1 heterocycles. The molecule has 2 amide bonds. The van der Waals surface area contributed by atoms with Gasteiger partial charge >= 0.3 is 6.03 Å².